The van der Waals surface area contributed by atoms with Crippen molar-refractivity contribution in [3.63, 3.8) is 0 Å². The van der Waals surface area contributed by atoms with Gasteiger partial charge in [-0.05, 0) is 62.9 Å². The lowest BCUT2D eigenvalue weighted by Crippen LogP contribution is -2.30. The zero-order valence-electron chi connectivity index (χ0n) is 19.3. The van der Waals surface area contributed by atoms with E-state index in [9.17, 15) is 14.4 Å². The quantitative estimate of drug-likeness (QED) is 0.602. The average Bonchev–Trinajstić information content (AvgIpc) is 2.77. The molecule has 2 heterocycles. The van der Waals surface area contributed by atoms with Crippen LogP contribution in [0.4, 0.5) is 5.69 Å². The minimum atomic E-state index is -0.985. The van der Waals surface area contributed by atoms with E-state index in [1.54, 1.807) is 22.8 Å². The molecule has 7 heteroatoms. The fraction of sp³-hybridized carbons (Fsp3) is 0.385. The average molecular weight is 448 g/mol. The summed E-state index contributed by atoms with van der Waals surface area (Å²) in [6.07, 6.45) is 3.96. The summed E-state index contributed by atoms with van der Waals surface area (Å²) >= 11 is 0. The number of amides is 1. The van der Waals surface area contributed by atoms with Gasteiger partial charge in [-0.15, -0.1) is 0 Å². The van der Waals surface area contributed by atoms with Crippen LogP contribution >= 0.6 is 0 Å². The minimum absolute atomic E-state index is 0.0711. The van der Waals surface area contributed by atoms with Gasteiger partial charge in [0.2, 0.25) is 0 Å². The smallest absolute Gasteiger partial charge is 0.338 e. The highest BCUT2D eigenvalue weighted by atomic mass is 16.5. The summed E-state index contributed by atoms with van der Waals surface area (Å²) in [5.74, 6) is -0.270. The van der Waals surface area contributed by atoms with Gasteiger partial charge in [0.25, 0.3) is 11.5 Å². The lowest BCUT2D eigenvalue weighted by atomic mass is 10.1. The maximum atomic E-state index is 13.0. The zero-order chi connectivity index (χ0) is 23.5. The number of rotatable bonds is 4. The fourth-order valence-corrected chi connectivity index (χ4v) is 4.24. The van der Waals surface area contributed by atoms with Gasteiger partial charge in [0.05, 0.1) is 16.5 Å². The van der Waals surface area contributed by atoms with Gasteiger partial charge in [0.1, 0.15) is 5.82 Å². The summed E-state index contributed by atoms with van der Waals surface area (Å²) in [7, 11) is 0. The topological polar surface area (TPSA) is 90.3 Å². The van der Waals surface area contributed by atoms with Gasteiger partial charge >= 0.3 is 5.97 Å². The molecule has 4 rings (SSSR count). The Hall–Kier alpha value is -3.48. The van der Waals surface area contributed by atoms with Crippen LogP contribution < -0.4 is 10.9 Å². The first-order chi connectivity index (χ1) is 15.8. The molecule has 1 atom stereocenters. The summed E-state index contributed by atoms with van der Waals surface area (Å²) < 4.78 is 7.18. The summed E-state index contributed by atoms with van der Waals surface area (Å²) in [5, 5.41) is 3.33. The first-order valence-corrected chi connectivity index (χ1v) is 11.5. The SMILES string of the molecule is Cc1cccc(C)c1NC(=O)C(C)OC(=O)c1ccc2c(=O)n3c(nc2c1)CCCCCC3. The highest BCUT2D eigenvalue weighted by Crippen LogP contribution is 2.21. The van der Waals surface area contributed by atoms with Crippen molar-refractivity contribution in [3.05, 3.63) is 69.3 Å². The van der Waals surface area contributed by atoms with Gasteiger partial charge in [0, 0.05) is 18.7 Å². The Labute approximate surface area is 192 Å². The molecule has 0 aliphatic carbocycles. The number of hydrogen-bond acceptors (Lipinski definition) is 5. The number of carbonyl (C=O) groups excluding carboxylic acids is 2. The maximum Gasteiger partial charge on any atom is 0.338 e. The lowest BCUT2D eigenvalue weighted by Gasteiger charge is -2.17. The van der Waals surface area contributed by atoms with Crippen molar-refractivity contribution in [2.75, 3.05) is 5.32 Å². The van der Waals surface area contributed by atoms with E-state index in [1.807, 2.05) is 32.0 Å². The summed E-state index contributed by atoms with van der Waals surface area (Å²) in [5.41, 5.74) is 3.26. The molecule has 0 saturated carbocycles. The molecule has 1 unspecified atom stereocenters. The van der Waals surface area contributed by atoms with E-state index in [2.05, 4.69) is 10.3 Å². The number of benzene rings is 2. The number of anilines is 1. The predicted molar refractivity (Wildman–Crippen MR) is 128 cm³/mol. The number of nitrogens with one attached hydrogen (secondary N) is 1. The summed E-state index contributed by atoms with van der Waals surface area (Å²) in [6.45, 7) is 6.03. The summed E-state index contributed by atoms with van der Waals surface area (Å²) in [4.78, 5) is 43.0. The standard InChI is InChI=1S/C26H29N3O4/c1-16-9-8-10-17(2)23(16)28-24(30)18(3)33-26(32)19-12-13-20-21(15-19)27-22-11-6-4-5-7-14-29(22)25(20)31/h8-10,12-13,15,18H,4-7,11,14H2,1-3H3,(H,28,30). The van der Waals surface area contributed by atoms with E-state index in [0.717, 1.165) is 54.7 Å². The Morgan fingerprint density at radius 1 is 1.06 bits per heavy atom. The van der Waals surface area contributed by atoms with Crippen molar-refractivity contribution in [1.29, 1.82) is 0 Å². The zero-order valence-corrected chi connectivity index (χ0v) is 19.3. The van der Waals surface area contributed by atoms with E-state index < -0.39 is 18.0 Å². The van der Waals surface area contributed by atoms with Crippen LogP contribution in [0.5, 0.6) is 0 Å². The molecule has 2 aromatic carbocycles. The second-order valence-corrected chi connectivity index (χ2v) is 8.68. The molecule has 1 N–H and O–H groups in total. The summed E-state index contributed by atoms with van der Waals surface area (Å²) in [6, 6.07) is 10.5. The van der Waals surface area contributed by atoms with Crippen molar-refractivity contribution >= 4 is 28.5 Å². The Kier molecular flexibility index (Phi) is 6.58. The number of aryl methyl sites for hydroxylation is 3. The van der Waals surface area contributed by atoms with Crippen LogP contribution in [0.15, 0.2) is 41.2 Å². The molecule has 0 saturated heterocycles. The molecule has 1 aliphatic rings. The van der Waals surface area contributed by atoms with Crippen LogP contribution in [0.3, 0.4) is 0 Å². The third kappa shape index (κ3) is 4.82. The Morgan fingerprint density at radius 3 is 2.55 bits per heavy atom. The molecule has 1 aromatic heterocycles. The molecule has 3 aromatic rings. The molecule has 0 fully saturated rings. The van der Waals surface area contributed by atoms with Gasteiger partial charge in [-0.3, -0.25) is 14.2 Å². The van der Waals surface area contributed by atoms with E-state index in [4.69, 9.17) is 4.74 Å². The van der Waals surface area contributed by atoms with Gasteiger partial charge < -0.3 is 10.1 Å². The third-order valence-electron chi connectivity index (χ3n) is 6.18. The Morgan fingerprint density at radius 2 is 1.79 bits per heavy atom. The van der Waals surface area contributed by atoms with Crippen molar-refractivity contribution < 1.29 is 14.3 Å². The van der Waals surface area contributed by atoms with Gasteiger partial charge in [-0.1, -0.05) is 31.0 Å². The lowest BCUT2D eigenvalue weighted by molar-refractivity contribution is -0.123. The van der Waals surface area contributed by atoms with Gasteiger partial charge in [0.15, 0.2) is 6.10 Å². The molecule has 0 radical (unpaired) electrons. The van der Waals surface area contributed by atoms with Crippen molar-refractivity contribution in [2.24, 2.45) is 0 Å². The molecular formula is C26H29N3O4. The van der Waals surface area contributed by atoms with Gasteiger partial charge in [-0.25, -0.2) is 9.78 Å². The van der Waals surface area contributed by atoms with Crippen molar-refractivity contribution in [1.82, 2.24) is 9.55 Å². The second kappa shape index (κ2) is 9.57. The Bertz CT molecular complexity index is 1260. The number of para-hydroxylation sites is 1. The van der Waals surface area contributed by atoms with Crippen LogP contribution in [0.2, 0.25) is 0 Å². The molecular weight excluding hydrogens is 418 g/mol. The number of nitrogens with zero attached hydrogens (tertiary/aromatic N) is 2. The maximum absolute atomic E-state index is 13.0. The number of hydrogen-bond donors (Lipinski definition) is 1. The first kappa shape index (κ1) is 22.7. The largest absolute Gasteiger partial charge is 0.449 e. The number of aromatic nitrogens is 2. The molecule has 0 bridgehead atoms. The molecule has 172 valence electrons. The van der Waals surface area contributed by atoms with Crippen molar-refractivity contribution in [2.45, 2.75) is 65.5 Å². The number of esters is 1. The highest BCUT2D eigenvalue weighted by molar-refractivity contribution is 5.99. The minimum Gasteiger partial charge on any atom is -0.449 e. The van der Waals surface area contributed by atoms with E-state index in [1.165, 1.54) is 6.92 Å². The van der Waals surface area contributed by atoms with Crippen LogP contribution in [0, 0.1) is 13.8 Å². The van der Waals surface area contributed by atoms with Gasteiger partial charge in [-0.2, -0.15) is 0 Å². The predicted octanol–water partition coefficient (Wildman–Crippen LogP) is 4.31. The highest BCUT2D eigenvalue weighted by Gasteiger charge is 2.21. The molecule has 1 aliphatic heterocycles. The Balaban J connectivity index is 1.53. The van der Waals surface area contributed by atoms with E-state index in [0.29, 0.717) is 17.4 Å². The van der Waals surface area contributed by atoms with Crippen LogP contribution in [-0.2, 0) is 22.5 Å². The van der Waals surface area contributed by atoms with E-state index in [-0.39, 0.29) is 11.1 Å². The fourth-order valence-electron chi connectivity index (χ4n) is 4.24. The second-order valence-electron chi connectivity index (χ2n) is 8.68. The van der Waals surface area contributed by atoms with E-state index >= 15 is 0 Å². The molecule has 1 amide bonds. The van der Waals surface area contributed by atoms with Crippen molar-refractivity contribution in [3.8, 4) is 0 Å². The first-order valence-electron chi connectivity index (χ1n) is 11.5. The molecule has 7 nitrogen and oxygen atoms in total. The number of carbonyl (C=O) groups is 2. The third-order valence-corrected chi connectivity index (χ3v) is 6.18. The van der Waals surface area contributed by atoms with Crippen LogP contribution in [-0.4, -0.2) is 27.5 Å². The normalized spacial score (nSPS) is 14.6. The molecule has 0 spiro atoms. The van der Waals surface area contributed by atoms with Crippen LogP contribution in [0.25, 0.3) is 10.9 Å². The molecule has 33 heavy (non-hydrogen) atoms. The number of ether oxygens (including phenoxy) is 1. The number of fused-ring (bicyclic) bond motifs is 2. The van der Waals surface area contributed by atoms with Crippen LogP contribution in [0.1, 0.15) is 59.9 Å². The monoisotopic (exact) mass is 447 g/mol.